The molecule has 0 aromatic carbocycles. The molecule has 0 aliphatic rings. The molecule has 0 amide bonds. The van der Waals surface area contributed by atoms with E-state index in [0.717, 1.165) is 24.3 Å². The van der Waals surface area contributed by atoms with Gasteiger partial charge in [0.15, 0.2) is 0 Å². The third-order valence-corrected chi connectivity index (χ3v) is 4.91. The molecule has 1 atom stereocenters. The molecule has 6 nitrogen and oxygen atoms in total. The topological polar surface area (TPSA) is 91.1 Å². The molecule has 0 saturated heterocycles. The maximum absolute atomic E-state index is 11.9. The van der Waals surface area contributed by atoms with Crippen LogP contribution in [0.5, 0.6) is 0 Å². The molecule has 8 heteroatoms. The molecule has 0 aliphatic carbocycles. The maximum atomic E-state index is 11.9. The minimum Gasteiger partial charge on any atom is -0.315 e. The number of aromatic nitrogens is 1. The first-order valence-corrected chi connectivity index (χ1v) is 8.24. The van der Waals surface area contributed by atoms with E-state index in [2.05, 4.69) is 15.0 Å². The van der Waals surface area contributed by atoms with E-state index in [9.17, 15) is 13.2 Å². The quantitative estimate of drug-likeness (QED) is 0.599. The summed E-state index contributed by atoms with van der Waals surface area (Å²) in [5, 5.41) is 4.18. The monoisotopic (exact) mass is 293 g/mol. The highest BCUT2D eigenvalue weighted by atomic mass is 32.2. The number of aromatic amines is 1. The lowest BCUT2D eigenvalue weighted by Gasteiger charge is -2.14. The van der Waals surface area contributed by atoms with Crippen molar-refractivity contribution in [3.63, 3.8) is 0 Å². The average Bonchev–Trinajstić information content (AvgIpc) is 2.73. The van der Waals surface area contributed by atoms with E-state index >= 15 is 0 Å². The van der Waals surface area contributed by atoms with Gasteiger partial charge in [0.2, 0.25) is 10.0 Å². The molecule has 18 heavy (non-hydrogen) atoms. The maximum Gasteiger partial charge on any atom is 0.304 e. The first kappa shape index (κ1) is 15.4. The van der Waals surface area contributed by atoms with Crippen molar-refractivity contribution in [1.82, 2.24) is 15.0 Å². The molecule has 3 N–H and O–H groups in total. The van der Waals surface area contributed by atoms with Crippen LogP contribution in [0.25, 0.3) is 0 Å². The number of hydrogen-bond acceptors (Lipinski definition) is 5. The highest BCUT2D eigenvalue weighted by Gasteiger charge is 2.19. The van der Waals surface area contributed by atoms with Crippen molar-refractivity contribution >= 4 is 21.4 Å². The molecular weight excluding hydrogens is 274 g/mol. The highest BCUT2D eigenvalue weighted by molar-refractivity contribution is 7.90. The van der Waals surface area contributed by atoms with Gasteiger partial charge in [-0.3, -0.25) is 4.79 Å². The van der Waals surface area contributed by atoms with Gasteiger partial charge >= 0.3 is 4.87 Å². The number of thiazole rings is 1. The Hall–Kier alpha value is -0.700. The molecule has 0 fully saturated rings. The van der Waals surface area contributed by atoms with Crippen LogP contribution in [0.1, 0.15) is 26.0 Å². The molecule has 0 aliphatic heterocycles. The van der Waals surface area contributed by atoms with Gasteiger partial charge in [-0.15, -0.1) is 0 Å². The number of sulfonamides is 1. The van der Waals surface area contributed by atoms with Crippen molar-refractivity contribution in [2.24, 2.45) is 0 Å². The lowest BCUT2D eigenvalue weighted by molar-refractivity contribution is 0.556. The molecule has 1 aromatic heterocycles. The molecule has 0 saturated carbocycles. The van der Waals surface area contributed by atoms with Crippen molar-refractivity contribution in [2.45, 2.75) is 32.1 Å². The predicted octanol–water partition coefficient (Wildman–Crippen LogP) is 0.244. The molecule has 0 bridgehead atoms. The second kappa shape index (κ2) is 7.03. The van der Waals surface area contributed by atoms with Crippen LogP contribution in [0.3, 0.4) is 0 Å². The summed E-state index contributed by atoms with van der Waals surface area (Å²) in [6, 6.07) is 0. The van der Waals surface area contributed by atoms with Crippen molar-refractivity contribution < 1.29 is 8.42 Å². The van der Waals surface area contributed by atoms with Crippen LogP contribution in [0, 0.1) is 0 Å². The first-order valence-electron chi connectivity index (χ1n) is 5.81. The SMILES string of the molecule is CCCNCC(C)S(=O)(=O)NCc1csc(=O)[nH]1. The fraction of sp³-hybridized carbons (Fsp3) is 0.700. The average molecular weight is 293 g/mol. The van der Waals surface area contributed by atoms with Gasteiger partial charge in [-0.25, -0.2) is 13.1 Å². The van der Waals surface area contributed by atoms with Crippen molar-refractivity contribution in [3.05, 3.63) is 20.7 Å². The molecule has 1 unspecified atom stereocenters. The van der Waals surface area contributed by atoms with Gasteiger partial charge in [0, 0.05) is 17.6 Å². The highest BCUT2D eigenvalue weighted by Crippen LogP contribution is 2.00. The zero-order chi connectivity index (χ0) is 13.6. The van der Waals surface area contributed by atoms with Crippen molar-refractivity contribution in [1.29, 1.82) is 0 Å². The Balaban J connectivity index is 2.46. The van der Waals surface area contributed by atoms with E-state index in [1.807, 2.05) is 6.92 Å². The first-order chi connectivity index (χ1) is 8.45. The largest absolute Gasteiger partial charge is 0.315 e. The summed E-state index contributed by atoms with van der Waals surface area (Å²) in [5.41, 5.74) is 0.585. The van der Waals surface area contributed by atoms with Crippen LogP contribution in [0.15, 0.2) is 10.2 Å². The standard InChI is InChI=1S/C10H19N3O3S2/c1-3-4-11-5-8(2)18(15,16)12-6-9-7-17-10(14)13-9/h7-8,11-12H,3-6H2,1-2H3,(H,13,14). The Kier molecular flexibility index (Phi) is 6.00. The molecule has 1 aromatic rings. The zero-order valence-corrected chi connectivity index (χ0v) is 12.2. The lowest BCUT2D eigenvalue weighted by Crippen LogP contribution is -2.39. The fourth-order valence-electron chi connectivity index (χ4n) is 1.31. The van der Waals surface area contributed by atoms with Crippen LogP contribution < -0.4 is 14.9 Å². The number of nitrogens with one attached hydrogen (secondary N) is 3. The van der Waals surface area contributed by atoms with Crippen LogP contribution >= 0.6 is 11.3 Å². The summed E-state index contributed by atoms with van der Waals surface area (Å²) in [5.74, 6) is 0. The Bertz CT molecular complexity index is 506. The molecular formula is C10H19N3O3S2. The number of hydrogen-bond donors (Lipinski definition) is 3. The minimum absolute atomic E-state index is 0.124. The minimum atomic E-state index is -3.36. The Labute approximate surface area is 111 Å². The number of rotatable bonds is 8. The summed E-state index contributed by atoms with van der Waals surface area (Å²) >= 11 is 1.02. The molecule has 0 spiro atoms. The fourth-order valence-corrected chi connectivity index (χ4v) is 2.87. The van der Waals surface area contributed by atoms with Gasteiger partial charge < -0.3 is 10.3 Å². The summed E-state index contributed by atoms with van der Waals surface area (Å²) in [6.45, 7) is 5.03. The summed E-state index contributed by atoms with van der Waals surface area (Å²) in [6.07, 6.45) is 0.969. The van der Waals surface area contributed by atoms with Crippen LogP contribution in [-0.4, -0.2) is 31.7 Å². The van der Waals surface area contributed by atoms with Gasteiger partial charge in [-0.05, 0) is 19.9 Å². The third kappa shape index (κ3) is 4.89. The van der Waals surface area contributed by atoms with E-state index in [4.69, 9.17) is 0 Å². The van der Waals surface area contributed by atoms with E-state index in [0.29, 0.717) is 12.2 Å². The Morgan fingerprint density at radius 1 is 1.50 bits per heavy atom. The Morgan fingerprint density at radius 2 is 2.22 bits per heavy atom. The van der Waals surface area contributed by atoms with E-state index in [-0.39, 0.29) is 11.4 Å². The van der Waals surface area contributed by atoms with Gasteiger partial charge in [-0.2, -0.15) is 0 Å². The van der Waals surface area contributed by atoms with Crippen LogP contribution in [-0.2, 0) is 16.6 Å². The van der Waals surface area contributed by atoms with Gasteiger partial charge in [-0.1, -0.05) is 18.3 Å². The summed E-state index contributed by atoms with van der Waals surface area (Å²) in [7, 11) is -3.36. The van der Waals surface area contributed by atoms with Gasteiger partial charge in [0.05, 0.1) is 11.8 Å². The third-order valence-electron chi connectivity index (χ3n) is 2.42. The second-order valence-corrected chi connectivity index (χ2v) is 7.08. The predicted molar refractivity (Wildman–Crippen MR) is 73.3 cm³/mol. The van der Waals surface area contributed by atoms with E-state index in [1.165, 1.54) is 0 Å². The van der Waals surface area contributed by atoms with Crippen molar-refractivity contribution in [2.75, 3.05) is 13.1 Å². The molecule has 1 rings (SSSR count). The number of H-pyrrole nitrogens is 1. The van der Waals surface area contributed by atoms with E-state index in [1.54, 1.807) is 12.3 Å². The molecule has 104 valence electrons. The Morgan fingerprint density at radius 3 is 2.78 bits per heavy atom. The normalized spacial score (nSPS) is 13.7. The van der Waals surface area contributed by atoms with E-state index < -0.39 is 15.3 Å². The van der Waals surface area contributed by atoms with Gasteiger partial charge in [0.1, 0.15) is 0 Å². The summed E-state index contributed by atoms with van der Waals surface area (Å²) in [4.78, 5) is 13.3. The van der Waals surface area contributed by atoms with Gasteiger partial charge in [0.25, 0.3) is 0 Å². The zero-order valence-electron chi connectivity index (χ0n) is 10.5. The van der Waals surface area contributed by atoms with Crippen LogP contribution in [0.4, 0.5) is 0 Å². The second-order valence-electron chi connectivity index (χ2n) is 4.05. The van der Waals surface area contributed by atoms with Crippen LogP contribution in [0.2, 0.25) is 0 Å². The lowest BCUT2D eigenvalue weighted by atomic mass is 10.4. The molecule has 0 radical (unpaired) electrons. The van der Waals surface area contributed by atoms with Crippen molar-refractivity contribution in [3.8, 4) is 0 Å². The smallest absolute Gasteiger partial charge is 0.304 e. The molecule has 1 heterocycles. The summed E-state index contributed by atoms with van der Waals surface area (Å²) < 4.78 is 26.2.